The van der Waals surface area contributed by atoms with Gasteiger partial charge in [0.15, 0.2) is 5.65 Å². The summed E-state index contributed by atoms with van der Waals surface area (Å²) < 4.78 is 1.89. The van der Waals surface area contributed by atoms with E-state index in [-0.39, 0.29) is 0 Å². The van der Waals surface area contributed by atoms with Crippen LogP contribution in [0, 0.1) is 19.8 Å². The van der Waals surface area contributed by atoms with E-state index in [2.05, 4.69) is 72.5 Å². The quantitative estimate of drug-likeness (QED) is 0.558. The molecule has 0 saturated carbocycles. The summed E-state index contributed by atoms with van der Waals surface area (Å²) in [5.74, 6) is 1.20. The maximum Gasteiger partial charge on any atom is 0.158 e. The monoisotopic (exact) mass is 373 g/mol. The molecule has 5 heteroatoms. The molecule has 1 aliphatic rings. The normalized spacial score (nSPS) is 15.0. The van der Waals surface area contributed by atoms with Gasteiger partial charge in [-0.3, -0.25) is 0 Å². The number of aromatic nitrogens is 4. The molecular formula is C23H27N5. The molecule has 1 saturated heterocycles. The van der Waals surface area contributed by atoms with Gasteiger partial charge in [-0.25, -0.2) is 9.50 Å². The van der Waals surface area contributed by atoms with Gasteiger partial charge in [0.25, 0.3) is 0 Å². The van der Waals surface area contributed by atoms with Crippen molar-refractivity contribution in [1.82, 2.24) is 24.9 Å². The molecule has 144 valence electrons. The Kier molecular flexibility index (Phi) is 4.02. The number of pyridine rings is 1. The van der Waals surface area contributed by atoms with Gasteiger partial charge in [0.05, 0.1) is 5.69 Å². The first kappa shape index (κ1) is 17.4. The van der Waals surface area contributed by atoms with Gasteiger partial charge < -0.3 is 10.3 Å². The molecule has 1 fully saturated rings. The maximum absolute atomic E-state index is 4.40. The molecule has 3 aromatic heterocycles. The first-order valence-corrected chi connectivity index (χ1v) is 10.2. The van der Waals surface area contributed by atoms with Crippen molar-refractivity contribution in [2.24, 2.45) is 5.92 Å². The van der Waals surface area contributed by atoms with Crippen molar-refractivity contribution >= 4 is 16.6 Å². The van der Waals surface area contributed by atoms with Gasteiger partial charge in [-0.1, -0.05) is 19.9 Å². The van der Waals surface area contributed by atoms with Crippen LogP contribution < -0.4 is 5.32 Å². The summed E-state index contributed by atoms with van der Waals surface area (Å²) in [6, 6.07) is 6.94. The minimum Gasteiger partial charge on any atom is -0.354 e. The van der Waals surface area contributed by atoms with Crippen molar-refractivity contribution in [2.75, 3.05) is 13.1 Å². The molecule has 28 heavy (non-hydrogen) atoms. The summed E-state index contributed by atoms with van der Waals surface area (Å²) in [7, 11) is 0. The molecule has 4 heterocycles. The number of rotatable bonds is 4. The molecule has 1 aromatic carbocycles. The Morgan fingerprint density at radius 1 is 1.18 bits per heavy atom. The lowest BCUT2D eigenvalue weighted by Crippen LogP contribution is -2.43. The Bertz CT molecular complexity index is 1180. The van der Waals surface area contributed by atoms with Gasteiger partial charge in [-0.05, 0) is 79.6 Å². The van der Waals surface area contributed by atoms with E-state index in [1.165, 1.54) is 44.4 Å². The molecule has 0 amide bonds. The van der Waals surface area contributed by atoms with Gasteiger partial charge in [-0.15, -0.1) is 0 Å². The fraction of sp³-hybridized carbons (Fsp3) is 0.391. The summed E-state index contributed by atoms with van der Waals surface area (Å²) in [5.41, 5.74) is 9.84. The lowest BCUT2D eigenvalue weighted by atomic mass is 9.91. The molecule has 5 nitrogen and oxygen atoms in total. The minimum atomic E-state index is 0.426. The molecule has 0 spiro atoms. The average Bonchev–Trinajstić information content (AvgIpc) is 3.25. The van der Waals surface area contributed by atoms with E-state index < -0.39 is 0 Å². The van der Waals surface area contributed by atoms with E-state index in [1.807, 2.05) is 4.52 Å². The highest BCUT2D eigenvalue weighted by molar-refractivity contribution is 5.92. The molecule has 1 aliphatic heterocycles. The summed E-state index contributed by atoms with van der Waals surface area (Å²) in [4.78, 5) is 8.12. The Morgan fingerprint density at radius 3 is 2.71 bits per heavy atom. The van der Waals surface area contributed by atoms with Crippen LogP contribution in [0.25, 0.3) is 27.8 Å². The Hall–Kier alpha value is -2.66. The van der Waals surface area contributed by atoms with E-state index >= 15 is 0 Å². The third-order valence-electron chi connectivity index (χ3n) is 6.27. The number of hydrogen-bond donors (Lipinski definition) is 2. The van der Waals surface area contributed by atoms with E-state index in [1.54, 1.807) is 6.33 Å². The van der Waals surface area contributed by atoms with Crippen LogP contribution in [0.15, 0.2) is 30.7 Å². The summed E-state index contributed by atoms with van der Waals surface area (Å²) >= 11 is 0. The van der Waals surface area contributed by atoms with Gasteiger partial charge >= 0.3 is 0 Å². The van der Waals surface area contributed by atoms with Crippen LogP contribution in [0.4, 0.5) is 0 Å². The van der Waals surface area contributed by atoms with Crippen molar-refractivity contribution in [3.8, 4) is 11.3 Å². The summed E-state index contributed by atoms with van der Waals surface area (Å²) in [6.07, 6.45) is 4.90. The maximum atomic E-state index is 4.40. The van der Waals surface area contributed by atoms with E-state index in [0.717, 1.165) is 31.1 Å². The molecule has 0 atom stereocenters. The number of aryl methyl sites for hydroxylation is 1. The van der Waals surface area contributed by atoms with Crippen molar-refractivity contribution in [1.29, 1.82) is 0 Å². The molecule has 5 rings (SSSR count). The third kappa shape index (κ3) is 2.65. The number of benzene rings is 1. The highest BCUT2D eigenvalue weighted by Gasteiger charge is 2.21. The minimum absolute atomic E-state index is 0.426. The largest absolute Gasteiger partial charge is 0.354 e. The van der Waals surface area contributed by atoms with Crippen molar-refractivity contribution in [3.63, 3.8) is 0 Å². The molecule has 0 radical (unpaired) electrons. The topological polar surface area (TPSA) is 58.0 Å². The van der Waals surface area contributed by atoms with Crippen molar-refractivity contribution in [3.05, 3.63) is 53.0 Å². The second-order valence-electron chi connectivity index (χ2n) is 8.50. The zero-order valence-corrected chi connectivity index (χ0v) is 17.0. The average molecular weight is 374 g/mol. The van der Waals surface area contributed by atoms with Crippen LogP contribution in [0.1, 0.15) is 42.0 Å². The van der Waals surface area contributed by atoms with Crippen LogP contribution >= 0.6 is 0 Å². The lowest BCUT2D eigenvalue weighted by molar-refractivity contribution is 0.346. The van der Waals surface area contributed by atoms with Crippen molar-refractivity contribution < 1.29 is 0 Å². The highest BCUT2D eigenvalue weighted by atomic mass is 15.3. The van der Waals surface area contributed by atoms with Crippen molar-refractivity contribution in [2.45, 2.75) is 40.0 Å². The van der Waals surface area contributed by atoms with Crippen LogP contribution in [0.3, 0.4) is 0 Å². The number of hydrogen-bond acceptors (Lipinski definition) is 3. The first-order chi connectivity index (χ1) is 13.5. The second-order valence-corrected chi connectivity index (χ2v) is 8.50. The number of fused-ring (bicyclic) bond motifs is 2. The van der Waals surface area contributed by atoms with E-state index in [4.69, 9.17) is 0 Å². The number of nitrogens with one attached hydrogen (secondary N) is 2. The fourth-order valence-electron chi connectivity index (χ4n) is 4.48. The molecule has 0 unspecified atom stereocenters. The summed E-state index contributed by atoms with van der Waals surface area (Å²) in [5, 5.41) is 9.11. The Labute approximate surface area is 165 Å². The molecule has 0 aliphatic carbocycles. The van der Waals surface area contributed by atoms with Crippen LogP contribution in [-0.2, 0) is 6.42 Å². The van der Waals surface area contributed by atoms with Gasteiger partial charge in [0.1, 0.15) is 6.33 Å². The Balaban J connectivity index is 1.70. The number of aromatic amines is 1. The first-order valence-electron chi connectivity index (χ1n) is 10.2. The van der Waals surface area contributed by atoms with E-state index in [0.29, 0.717) is 5.92 Å². The third-order valence-corrected chi connectivity index (χ3v) is 6.27. The fourth-order valence-corrected chi connectivity index (χ4v) is 4.48. The highest BCUT2D eigenvalue weighted by Crippen LogP contribution is 2.38. The second kappa shape index (κ2) is 6.45. The van der Waals surface area contributed by atoms with Crippen LogP contribution in [-0.4, -0.2) is 32.7 Å². The van der Waals surface area contributed by atoms with Gasteiger partial charge in [0.2, 0.25) is 0 Å². The number of nitrogens with zero attached hydrogens (tertiary/aromatic N) is 3. The molecule has 2 N–H and O–H groups in total. The van der Waals surface area contributed by atoms with Crippen LogP contribution in [0.5, 0.6) is 0 Å². The van der Waals surface area contributed by atoms with Crippen LogP contribution in [0.2, 0.25) is 0 Å². The van der Waals surface area contributed by atoms with E-state index in [9.17, 15) is 0 Å². The van der Waals surface area contributed by atoms with Gasteiger partial charge in [0, 0.05) is 22.7 Å². The smallest absolute Gasteiger partial charge is 0.158 e. The molecule has 4 aromatic rings. The SMILES string of the molecule is Cc1c(-c2[nH]c3ccc(CC4CNC4)cc3c2C(C)C)cn2ncnc2c1C. The zero-order valence-electron chi connectivity index (χ0n) is 17.0. The Morgan fingerprint density at radius 2 is 2.00 bits per heavy atom. The number of H-pyrrole nitrogens is 1. The zero-order chi connectivity index (χ0) is 19.4. The lowest BCUT2D eigenvalue weighted by Gasteiger charge is -2.27. The standard InChI is InChI=1S/C23H27N5/c1-13(2)21-18-8-16(7-17-9-24-10-17)5-6-20(18)27-22(21)19-11-28-23(25-12-26-28)15(4)14(19)3/h5-6,8,11-13,17,24,27H,7,9-10H2,1-4H3. The predicted octanol–water partition coefficient (Wildman–Crippen LogP) is 4.38. The van der Waals surface area contributed by atoms with Gasteiger partial charge in [-0.2, -0.15) is 5.10 Å². The predicted molar refractivity (Wildman–Crippen MR) is 114 cm³/mol. The molecular weight excluding hydrogens is 346 g/mol. The summed E-state index contributed by atoms with van der Waals surface area (Å²) in [6.45, 7) is 11.2. The molecule has 0 bridgehead atoms.